The van der Waals surface area contributed by atoms with Crippen molar-refractivity contribution < 1.29 is 41.7 Å². The molecule has 152 valence electrons. The number of allylic oxidation sites excluding steroid dienone is 3. The molecule has 10 nitrogen and oxygen atoms in total. The summed E-state index contributed by atoms with van der Waals surface area (Å²) in [6.07, 6.45) is 7.91. The monoisotopic (exact) mass is 413 g/mol. The van der Waals surface area contributed by atoms with E-state index < -0.39 is 39.1 Å². The Morgan fingerprint density at radius 2 is 1.93 bits per heavy atom. The third-order valence-electron chi connectivity index (χ3n) is 3.93. The van der Waals surface area contributed by atoms with Gasteiger partial charge >= 0.3 is 5.97 Å². The van der Waals surface area contributed by atoms with E-state index in [1.807, 2.05) is 0 Å². The zero-order valence-electron chi connectivity index (χ0n) is 14.8. The maximum absolute atomic E-state index is 12.0. The Balaban J connectivity index is 1.93. The Bertz CT molecular complexity index is 840. The first-order valence-corrected chi connectivity index (χ1v) is 9.88. The lowest BCUT2D eigenvalue weighted by molar-refractivity contribution is -0.196. The van der Waals surface area contributed by atoms with E-state index in [-0.39, 0.29) is 32.5 Å². The molecule has 0 bridgehead atoms. The lowest BCUT2D eigenvalue weighted by Crippen LogP contribution is -2.32. The normalized spacial score (nSPS) is 22.2. The number of imide groups is 1. The number of hydrogen-bond donors (Lipinski definition) is 1. The van der Waals surface area contributed by atoms with Gasteiger partial charge in [-0.1, -0.05) is 30.4 Å². The van der Waals surface area contributed by atoms with Gasteiger partial charge in [0.05, 0.1) is 30.8 Å². The first-order chi connectivity index (χ1) is 13.1. The summed E-state index contributed by atoms with van der Waals surface area (Å²) in [5, 5.41) is 0.456. The van der Waals surface area contributed by atoms with Gasteiger partial charge in [-0.3, -0.25) is 14.1 Å². The quantitative estimate of drug-likeness (QED) is 0.241. The summed E-state index contributed by atoms with van der Waals surface area (Å²) < 4.78 is 35.2. The summed E-state index contributed by atoms with van der Waals surface area (Å²) in [5.41, 5.74) is -0.718. The standard InChI is InChI=1S/C17H19NO9S/c19-11-17(12-26-8-9-28(23,24)25)6-1-2-13(5-7-17)10-16(22)27-18-14(20)3-4-15(18)21/h1-2,5-7,11H,3-4,8-10,12H2,(H,23,24,25). The van der Waals surface area contributed by atoms with Crippen LogP contribution < -0.4 is 0 Å². The molecule has 0 aromatic heterocycles. The van der Waals surface area contributed by atoms with Gasteiger partial charge in [0.25, 0.3) is 21.9 Å². The molecule has 0 aromatic rings. The minimum atomic E-state index is -4.16. The number of aldehydes is 1. The third kappa shape index (κ3) is 6.22. The van der Waals surface area contributed by atoms with Gasteiger partial charge in [-0.25, -0.2) is 4.79 Å². The van der Waals surface area contributed by atoms with Crippen molar-refractivity contribution in [3.8, 4) is 0 Å². The molecule has 1 fully saturated rings. The lowest BCUT2D eigenvalue weighted by Gasteiger charge is -2.19. The Labute approximate surface area is 161 Å². The molecule has 1 saturated heterocycles. The molecular formula is C17H19NO9S. The molecule has 1 heterocycles. The zero-order chi connectivity index (χ0) is 20.8. The van der Waals surface area contributed by atoms with E-state index in [0.717, 1.165) is 0 Å². The fourth-order valence-corrected chi connectivity index (χ4v) is 2.75. The van der Waals surface area contributed by atoms with Crippen LogP contribution in [0.1, 0.15) is 19.3 Å². The molecule has 0 saturated carbocycles. The molecule has 0 aromatic carbocycles. The summed E-state index contributed by atoms with van der Waals surface area (Å²) in [6, 6.07) is 0. The SMILES string of the molecule is O=CC1(COCCS(=O)(=O)O)C=CC=C(CC(=O)ON2C(=O)CCC2=O)C=C1. The molecule has 1 N–H and O–H groups in total. The molecular weight excluding hydrogens is 394 g/mol. The minimum Gasteiger partial charge on any atom is -0.379 e. The van der Waals surface area contributed by atoms with Crippen LogP contribution >= 0.6 is 0 Å². The van der Waals surface area contributed by atoms with Crippen LogP contribution in [0.3, 0.4) is 0 Å². The predicted octanol–water partition coefficient (Wildman–Crippen LogP) is 0.126. The Kier molecular flexibility index (Phi) is 7.00. The highest BCUT2D eigenvalue weighted by Crippen LogP contribution is 2.24. The third-order valence-corrected chi connectivity index (χ3v) is 4.61. The minimum absolute atomic E-state index is 0.00309. The summed E-state index contributed by atoms with van der Waals surface area (Å²) in [5.74, 6) is -2.56. The summed E-state index contributed by atoms with van der Waals surface area (Å²) in [7, 11) is -4.16. The molecule has 28 heavy (non-hydrogen) atoms. The number of carbonyl (C=O) groups excluding carboxylic acids is 4. The van der Waals surface area contributed by atoms with Gasteiger partial charge in [0, 0.05) is 12.8 Å². The van der Waals surface area contributed by atoms with E-state index in [1.54, 1.807) is 6.08 Å². The van der Waals surface area contributed by atoms with Gasteiger partial charge in [0.1, 0.15) is 6.29 Å². The number of nitrogens with zero attached hydrogens (tertiary/aromatic N) is 1. The number of hydroxylamine groups is 2. The van der Waals surface area contributed by atoms with E-state index in [1.165, 1.54) is 24.3 Å². The van der Waals surface area contributed by atoms with Crippen molar-refractivity contribution in [2.24, 2.45) is 5.41 Å². The Hall–Kier alpha value is -2.63. The van der Waals surface area contributed by atoms with Gasteiger partial charge in [0.15, 0.2) is 0 Å². The highest BCUT2D eigenvalue weighted by atomic mass is 32.2. The van der Waals surface area contributed by atoms with Crippen molar-refractivity contribution in [2.75, 3.05) is 19.0 Å². The van der Waals surface area contributed by atoms with Crippen molar-refractivity contribution in [1.82, 2.24) is 5.06 Å². The van der Waals surface area contributed by atoms with Crippen molar-refractivity contribution in [3.05, 3.63) is 36.0 Å². The van der Waals surface area contributed by atoms with Crippen LogP contribution in [0.4, 0.5) is 0 Å². The molecule has 1 aliphatic carbocycles. The van der Waals surface area contributed by atoms with E-state index in [0.29, 0.717) is 16.9 Å². The van der Waals surface area contributed by atoms with E-state index in [4.69, 9.17) is 14.1 Å². The summed E-state index contributed by atoms with van der Waals surface area (Å²) in [4.78, 5) is 51.2. The smallest absolute Gasteiger partial charge is 0.337 e. The zero-order valence-corrected chi connectivity index (χ0v) is 15.6. The maximum Gasteiger partial charge on any atom is 0.337 e. The van der Waals surface area contributed by atoms with E-state index in [2.05, 4.69) is 0 Å². The molecule has 1 aliphatic heterocycles. The van der Waals surface area contributed by atoms with Crippen molar-refractivity contribution in [2.45, 2.75) is 19.3 Å². The first kappa shape index (κ1) is 21.7. The average molecular weight is 413 g/mol. The van der Waals surface area contributed by atoms with Crippen LogP contribution in [-0.4, -0.2) is 61.1 Å². The van der Waals surface area contributed by atoms with Crippen LogP contribution in [0.25, 0.3) is 0 Å². The Morgan fingerprint density at radius 1 is 1.25 bits per heavy atom. The number of hydrogen-bond acceptors (Lipinski definition) is 8. The van der Waals surface area contributed by atoms with Gasteiger partial charge in [-0.05, 0) is 5.57 Å². The number of amides is 2. The van der Waals surface area contributed by atoms with Crippen molar-refractivity contribution in [3.63, 3.8) is 0 Å². The highest BCUT2D eigenvalue weighted by Gasteiger charge is 2.33. The van der Waals surface area contributed by atoms with Crippen molar-refractivity contribution in [1.29, 1.82) is 0 Å². The van der Waals surface area contributed by atoms with Crippen LogP contribution in [0.15, 0.2) is 36.0 Å². The number of rotatable bonds is 9. The van der Waals surface area contributed by atoms with Crippen LogP contribution in [0, 0.1) is 5.41 Å². The van der Waals surface area contributed by atoms with Crippen LogP contribution in [-0.2, 0) is 38.9 Å². The second kappa shape index (κ2) is 9.04. The van der Waals surface area contributed by atoms with Gasteiger partial charge in [-0.15, -0.1) is 5.06 Å². The molecule has 2 amide bonds. The van der Waals surface area contributed by atoms with Crippen LogP contribution in [0.5, 0.6) is 0 Å². The second-order valence-electron chi connectivity index (χ2n) is 6.22. The maximum atomic E-state index is 12.0. The topological polar surface area (TPSA) is 144 Å². The molecule has 1 unspecified atom stereocenters. The van der Waals surface area contributed by atoms with E-state index >= 15 is 0 Å². The van der Waals surface area contributed by atoms with Gasteiger partial charge in [-0.2, -0.15) is 8.42 Å². The fraction of sp³-hybridized carbons (Fsp3) is 0.412. The lowest BCUT2D eigenvalue weighted by atomic mass is 9.90. The van der Waals surface area contributed by atoms with Crippen LogP contribution in [0.2, 0.25) is 0 Å². The van der Waals surface area contributed by atoms with Gasteiger partial charge < -0.3 is 14.4 Å². The molecule has 0 radical (unpaired) electrons. The summed E-state index contributed by atoms with van der Waals surface area (Å²) >= 11 is 0. The largest absolute Gasteiger partial charge is 0.379 e. The van der Waals surface area contributed by atoms with Gasteiger partial charge in [0.2, 0.25) is 0 Å². The molecule has 0 spiro atoms. The number of ether oxygens (including phenoxy) is 1. The first-order valence-electron chi connectivity index (χ1n) is 8.28. The molecule has 2 rings (SSSR count). The molecule has 2 aliphatic rings. The van der Waals surface area contributed by atoms with E-state index in [9.17, 15) is 27.6 Å². The molecule has 11 heteroatoms. The molecule has 1 atom stereocenters. The van der Waals surface area contributed by atoms with Crippen molar-refractivity contribution >= 4 is 34.2 Å². The second-order valence-corrected chi connectivity index (χ2v) is 7.80. The number of carbonyl (C=O) groups is 4. The average Bonchev–Trinajstić information content (AvgIpc) is 2.82. The predicted molar refractivity (Wildman–Crippen MR) is 93.9 cm³/mol. The fourth-order valence-electron chi connectivity index (χ4n) is 2.42. The Morgan fingerprint density at radius 3 is 2.54 bits per heavy atom. The highest BCUT2D eigenvalue weighted by molar-refractivity contribution is 7.85. The summed E-state index contributed by atoms with van der Waals surface area (Å²) in [6.45, 7) is -0.456.